The van der Waals surface area contributed by atoms with E-state index in [4.69, 9.17) is 14.5 Å². The first-order valence-electron chi connectivity index (χ1n) is 11.6. The minimum absolute atomic E-state index is 0.0407. The number of rotatable bonds is 9. The Bertz CT molecular complexity index is 930. The second kappa shape index (κ2) is 11.3. The smallest absolute Gasteiger partial charge is 0.303 e. The molecule has 3 rings (SSSR count). The number of aryl methyl sites for hydroxylation is 1. The minimum atomic E-state index is -0.361. The molecule has 1 aliphatic heterocycles. The lowest BCUT2D eigenvalue weighted by molar-refractivity contribution is -0.142. The molecule has 3 heterocycles. The van der Waals surface area contributed by atoms with Gasteiger partial charge in [-0.25, -0.2) is 15.0 Å². The summed E-state index contributed by atoms with van der Waals surface area (Å²) in [5.41, 5.74) is 0. The fraction of sp³-hybridized carbons (Fsp3) is 0.652. The Morgan fingerprint density at radius 1 is 1.18 bits per heavy atom. The number of unbranched alkanes of at least 4 members (excludes halogenated alkanes) is 1. The molecular formula is C23H35N7O3. The van der Waals surface area contributed by atoms with Gasteiger partial charge in [-0.15, -0.1) is 0 Å². The van der Waals surface area contributed by atoms with Crippen molar-refractivity contribution < 1.29 is 14.3 Å². The van der Waals surface area contributed by atoms with Crippen molar-refractivity contribution in [1.29, 1.82) is 0 Å². The van der Waals surface area contributed by atoms with E-state index in [9.17, 15) is 4.79 Å². The van der Waals surface area contributed by atoms with Gasteiger partial charge in [-0.1, -0.05) is 13.3 Å². The lowest BCUT2D eigenvalue weighted by Crippen LogP contribution is -2.57. The molecule has 0 radical (unpaired) electrons. The fourth-order valence-electron chi connectivity index (χ4n) is 4.01. The lowest BCUT2D eigenvalue weighted by Gasteiger charge is -2.45. The summed E-state index contributed by atoms with van der Waals surface area (Å²) >= 11 is 0. The van der Waals surface area contributed by atoms with Gasteiger partial charge in [0.15, 0.2) is 18.3 Å². The molecule has 33 heavy (non-hydrogen) atoms. The summed E-state index contributed by atoms with van der Waals surface area (Å²) in [6.45, 7) is 13.9. The summed E-state index contributed by atoms with van der Waals surface area (Å²) in [5, 5.41) is 0. The van der Waals surface area contributed by atoms with Gasteiger partial charge in [-0.2, -0.15) is 9.97 Å². The number of hydrogen-bond donors (Lipinski definition) is 0. The quantitative estimate of drug-likeness (QED) is 0.412. The summed E-state index contributed by atoms with van der Waals surface area (Å²) < 4.78 is 11.0. The van der Waals surface area contributed by atoms with E-state index in [-0.39, 0.29) is 30.8 Å². The van der Waals surface area contributed by atoms with Gasteiger partial charge < -0.3 is 19.3 Å². The van der Waals surface area contributed by atoms with Crippen LogP contribution in [0.1, 0.15) is 71.0 Å². The molecule has 0 N–H and O–H groups in total. The molecule has 1 aliphatic rings. The topological polar surface area (TPSA) is 106 Å². The highest BCUT2D eigenvalue weighted by molar-refractivity contribution is 5.65. The Labute approximate surface area is 195 Å². The van der Waals surface area contributed by atoms with Crippen LogP contribution in [0.3, 0.4) is 0 Å². The van der Waals surface area contributed by atoms with Crippen LogP contribution in [0.2, 0.25) is 0 Å². The third-order valence-corrected chi connectivity index (χ3v) is 5.54. The lowest BCUT2D eigenvalue weighted by atomic mass is 10.1. The number of anilines is 2. The van der Waals surface area contributed by atoms with Crippen LogP contribution in [0.25, 0.3) is 0 Å². The Morgan fingerprint density at radius 2 is 1.91 bits per heavy atom. The van der Waals surface area contributed by atoms with Crippen molar-refractivity contribution in [2.24, 2.45) is 0 Å². The van der Waals surface area contributed by atoms with E-state index in [2.05, 4.69) is 50.5 Å². The van der Waals surface area contributed by atoms with Crippen molar-refractivity contribution in [1.82, 2.24) is 24.9 Å². The first kappa shape index (κ1) is 24.8. The maximum absolute atomic E-state index is 11.1. The van der Waals surface area contributed by atoms with Crippen molar-refractivity contribution in [2.45, 2.75) is 79.2 Å². The number of aromatic nitrogens is 5. The monoisotopic (exact) mass is 457 g/mol. The Hall–Kier alpha value is -2.88. The van der Waals surface area contributed by atoms with Crippen LogP contribution in [0.5, 0.6) is 0 Å². The number of carbonyl (C=O) groups excluding carboxylic acids is 1. The van der Waals surface area contributed by atoms with Gasteiger partial charge in [-0.3, -0.25) is 4.79 Å². The van der Waals surface area contributed by atoms with Gasteiger partial charge in [0.2, 0.25) is 5.95 Å². The van der Waals surface area contributed by atoms with Gasteiger partial charge in [0.1, 0.15) is 17.7 Å². The molecule has 0 amide bonds. The molecule has 0 bridgehead atoms. The third-order valence-electron chi connectivity index (χ3n) is 5.54. The Morgan fingerprint density at radius 3 is 2.58 bits per heavy atom. The van der Waals surface area contributed by atoms with Gasteiger partial charge in [0, 0.05) is 44.9 Å². The summed E-state index contributed by atoms with van der Waals surface area (Å²) in [6, 6.07) is 2.29. The van der Waals surface area contributed by atoms with Gasteiger partial charge in [0.05, 0.1) is 0 Å². The molecule has 2 aromatic heterocycles. The summed E-state index contributed by atoms with van der Waals surface area (Å²) in [4.78, 5) is 38.2. The molecule has 10 nitrogen and oxygen atoms in total. The van der Waals surface area contributed by atoms with E-state index in [0.717, 1.165) is 31.7 Å². The average Bonchev–Trinajstić information content (AvgIpc) is 2.77. The predicted octanol–water partition coefficient (Wildman–Crippen LogP) is 3.01. The Kier molecular flexibility index (Phi) is 8.49. The van der Waals surface area contributed by atoms with Crippen molar-refractivity contribution in [3.05, 3.63) is 29.7 Å². The molecule has 2 aromatic rings. The number of piperazine rings is 1. The van der Waals surface area contributed by atoms with E-state index in [1.807, 2.05) is 19.9 Å². The summed E-state index contributed by atoms with van der Waals surface area (Å²) in [5.74, 6) is 2.89. The SMILES string of the molecule is CCCCO[C@H](C)c1nccc(N2[C@H](C)CN(c3nc(C)nc(COC(C)=O)n3)C[C@@H]2C)n1. The highest BCUT2D eigenvalue weighted by Gasteiger charge is 2.32. The van der Waals surface area contributed by atoms with Crippen LogP contribution in [0.4, 0.5) is 11.8 Å². The molecule has 3 atom stereocenters. The average molecular weight is 458 g/mol. The molecular weight excluding hydrogens is 422 g/mol. The maximum atomic E-state index is 11.1. The number of hydrogen-bond acceptors (Lipinski definition) is 10. The summed E-state index contributed by atoms with van der Waals surface area (Å²) in [6.07, 6.45) is 3.78. The van der Waals surface area contributed by atoms with Gasteiger partial charge in [0.25, 0.3) is 0 Å². The third kappa shape index (κ3) is 6.56. The molecule has 0 saturated carbocycles. The molecule has 1 fully saturated rings. The van der Waals surface area contributed by atoms with Crippen LogP contribution in [0.15, 0.2) is 12.3 Å². The largest absolute Gasteiger partial charge is 0.458 e. The second-order valence-corrected chi connectivity index (χ2v) is 8.53. The van der Waals surface area contributed by atoms with Crippen LogP contribution in [-0.4, -0.2) is 62.7 Å². The number of esters is 1. The number of ether oxygens (including phenoxy) is 2. The zero-order valence-electron chi connectivity index (χ0n) is 20.5. The second-order valence-electron chi connectivity index (χ2n) is 8.53. The van der Waals surface area contributed by atoms with Crippen molar-refractivity contribution in [3.8, 4) is 0 Å². The van der Waals surface area contributed by atoms with E-state index in [1.54, 1.807) is 6.20 Å². The molecule has 0 unspecified atom stereocenters. The summed E-state index contributed by atoms with van der Waals surface area (Å²) in [7, 11) is 0. The van der Waals surface area contributed by atoms with Crippen LogP contribution >= 0.6 is 0 Å². The molecule has 1 saturated heterocycles. The van der Waals surface area contributed by atoms with Gasteiger partial charge >= 0.3 is 5.97 Å². The zero-order valence-corrected chi connectivity index (χ0v) is 20.5. The van der Waals surface area contributed by atoms with E-state index in [1.165, 1.54) is 6.92 Å². The van der Waals surface area contributed by atoms with Crippen molar-refractivity contribution in [3.63, 3.8) is 0 Å². The number of nitrogens with zero attached hydrogens (tertiary/aromatic N) is 7. The van der Waals surface area contributed by atoms with Crippen LogP contribution in [-0.2, 0) is 20.9 Å². The van der Waals surface area contributed by atoms with Crippen LogP contribution in [0, 0.1) is 6.92 Å². The molecule has 180 valence electrons. The van der Waals surface area contributed by atoms with E-state index in [0.29, 0.717) is 30.0 Å². The highest BCUT2D eigenvalue weighted by Crippen LogP contribution is 2.26. The van der Waals surface area contributed by atoms with E-state index >= 15 is 0 Å². The zero-order chi connectivity index (χ0) is 24.0. The van der Waals surface area contributed by atoms with Crippen LogP contribution < -0.4 is 9.80 Å². The molecule has 0 aliphatic carbocycles. The molecule has 10 heteroatoms. The van der Waals surface area contributed by atoms with E-state index < -0.39 is 0 Å². The maximum Gasteiger partial charge on any atom is 0.303 e. The minimum Gasteiger partial charge on any atom is -0.458 e. The molecule has 0 spiro atoms. The first-order valence-corrected chi connectivity index (χ1v) is 11.6. The standard InChI is InChI=1S/C23H35N7O3/c1-7-8-11-32-17(4)22-24-10-9-21(28-22)30-15(2)12-29(13-16(30)3)23-26-18(5)25-20(27-23)14-33-19(6)31/h9-10,15-17H,7-8,11-14H2,1-6H3/t15-,16+,17-/m1/s1. The fourth-order valence-corrected chi connectivity index (χ4v) is 4.01. The predicted molar refractivity (Wildman–Crippen MR) is 125 cm³/mol. The first-order chi connectivity index (χ1) is 15.8. The normalized spacial score (nSPS) is 19.5. The number of carbonyl (C=O) groups is 1. The van der Waals surface area contributed by atoms with Crippen molar-refractivity contribution in [2.75, 3.05) is 29.5 Å². The molecule has 0 aromatic carbocycles. The highest BCUT2D eigenvalue weighted by atomic mass is 16.5. The Balaban J connectivity index is 1.73. The van der Waals surface area contributed by atoms with Gasteiger partial charge in [-0.05, 0) is 40.2 Å². The van der Waals surface area contributed by atoms with Crippen molar-refractivity contribution >= 4 is 17.7 Å².